The molecule has 0 bridgehead atoms. The van der Waals surface area contributed by atoms with Crippen molar-refractivity contribution in [3.8, 4) is 0 Å². The first-order valence-electron chi connectivity index (χ1n) is 5.28. The summed E-state index contributed by atoms with van der Waals surface area (Å²) in [5.74, 6) is 0.330. The third kappa shape index (κ3) is 1.63. The van der Waals surface area contributed by atoms with Crippen molar-refractivity contribution >= 4 is 11.6 Å². The summed E-state index contributed by atoms with van der Waals surface area (Å²) in [6.45, 7) is 4.66. The zero-order valence-electron chi connectivity index (χ0n) is 9.08. The number of nitrogens with two attached hydrogens (primary N) is 1. The summed E-state index contributed by atoms with van der Waals surface area (Å²) in [5.41, 5.74) is 8.82. The van der Waals surface area contributed by atoms with E-state index in [1.54, 1.807) is 0 Å². The summed E-state index contributed by atoms with van der Waals surface area (Å²) >= 11 is 0. The molecule has 1 aromatic carbocycles. The minimum atomic E-state index is -0.168. The molecule has 0 aliphatic carbocycles. The normalized spacial score (nSPS) is 19.2. The Hall–Kier alpha value is -1.35. The van der Waals surface area contributed by atoms with E-state index in [-0.39, 0.29) is 11.8 Å². The van der Waals surface area contributed by atoms with Gasteiger partial charge in [-0.25, -0.2) is 0 Å². The van der Waals surface area contributed by atoms with E-state index in [0.29, 0.717) is 12.5 Å². The highest BCUT2D eigenvalue weighted by molar-refractivity contribution is 6.03. The second kappa shape index (κ2) is 3.66. The van der Waals surface area contributed by atoms with Gasteiger partial charge in [-0.1, -0.05) is 26.0 Å². The van der Waals surface area contributed by atoms with Gasteiger partial charge in [-0.2, -0.15) is 0 Å². The number of anilines is 1. The maximum absolute atomic E-state index is 11.6. The van der Waals surface area contributed by atoms with Crippen LogP contribution in [-0.4, -0.2) is 12.5 Å². The Labute approximate surface area is 89.7 Å². The van der Waals surface area contributed by atoms with E-state index in [1.165, 1.54) is 5.56 Å². The van der Waals surface area contributed by atoms with Crippen LogP contribution in [0.15, 0.2) is 18.2 Å². The van der Waals surface area contributed by atoms with E-state index in [1.807, 2.05) is 6.07 Å². The number of benzene rings is 1. The van der Waals surface area contributed by atoms with Gasteiger partial charge in [0.25, 0.3) is 0 Å². The first-order chi connectivity index (χ1) is 7.13. The summed E-state index contributed by atoms with van der Waals surface area (Å²) < 4.78 is 0. The van der Waals surface area contributed by atoms with Gasteiger partial charge in [0.2, 0.25) is 5.91 Å². The number of carbonyl (C=O) groups excluding carboxylic acids is 1. The Morgan fingerprint density at radius 1 is 1.47 bits per heavy atom. The molecule has 0 aromatic heterocycles. The number of carbonyl (C=O) groups is 1. The van der Waals surface area contributed by atoms with Crippen LogP contribution in [0.5, 0.6) is 0 Å². The van der Waals surface area contributed by atoms with Crippen LogP contribution in [0.2, 0.25) is 0 Å². The first kappa shape index (κ1) is 10.2. The van der Waals surface area contributed by atoms with Crippen molar-refractivity contribution in [1.29, 1.82) is 0 Å². The quantitative estimate of drug-likeness (QED) is 0.771. The van der Waals surface area contributed by atoms with Gasteiger partial charge in [0.15, 0.2) is 0 Å². The highest BCUT2D eigenvalue weighted by Crippen LogP contribution is 2.33. The molecule has 0 spiro atoms. The molecule has 1 heterocycles. The molecule has 0 saturated heterocycles. The SMILES string of the molecule is CC(C)c1ccc2c(c1)C(CN)C(=O)N2. The molecule has 2 rings (SSSR count). The van der Waals surface area contributed by atoms with E-state index in [0.717, 1.165) is 11.3 Å². The Kier molecular flexibility index (Phi) is 2.49. The summed E-state index contributed by atoms with van der Waals surface area (Å²) in [7, 11) is 0. The average Bonchev–Trinajstić information content (AvgIpc) is 2.51. The van der Waals surface area contributed by atoms with Crippen molar-refractivity contribution < 1.29 is 4.79 Å². The second-order valence-corrected chi connectivity index (χ2v) is 4.28. The molecule has 0 saturated carbocycles. The van der Waals surface area contributed by atoms with Crippen molar-refractivity contribution in [3.63, 3.8) is 0 Å². The fourth-order valence-electron chi connectivity index (χ4n) is 1.94. The van der Waals surface area contributed by atoms with Crippen molar-refractivity contribution in [2.24, 2.45) is 5.73 Å². The topological polar surface area (TPSA) is 55.1 Å². The molecule has 3 nitrogen and oxygen atoms in total. The monoisotopic (exact) mass is 204 g/mol. The lowest BCUT2D eigenvalue weighted by Gasteiger charge is -2.09. The highest BCUT2D eigenvalue weighted by atomic mass is 16.2. The smallest absolute Gasteiger partial charge is 0.233 e. The third-order valence-corrected chi connectivity index (χ3v) is 2.93. The van der Waals surface area contributed by atoms with Gasteiger partial charge in [-0.15, -0.1) is 0 Å². The van der Waals surface area contributed by atoms with E-state index < -0.39 is 0 Å². The highest BCUT2D eigenvalue weighted by Gasteiger charge is 2.29. The molecule has 0 radical (unpaired) electrons. The van der Waals surface area contributed by atoms with Crippen molar-refractivity contribution in [3.05, 3.63) is 29.3 Å². The van der Waals surface area contributed by atoms with Crippen LogP contribution in [0.3, 0.4) is 0 Å². The number of amides is 1. The number of hydrogen-bond donors (Lipinski definition) is 2. The Morgan fingerprint density at radius 3 is 2.80 bits per heavy atom. The molecule has 3 heteroatoms. The summed E-state index contributed by atoms with van der Waals surface area (Å²) in [5, 5.41) is 2.85. The molecule has 1 aromatic rings. The maximum atomic E-state index is 11.6. The van der Waals surface area contributed by atoms with Gasteiger partial charge < -0.3 is 11.1 Å². The molecular formula is C12H16N2O. The predicted octanol–water partition coefficient (Wildman–Crippen LogP) is 1.80. The summed E-state index contributed by atoms with van der Waals surface area (Å²) in [6.07, 6.45) is 0. The number of nitrogens with one attached hydrogen (secondary N) is 1. The van der Waals surface area contributed by atoms with Crippen LogP contribution in [0.4, 0.5) is 5.69 Å². The molecule has 0 fully saturated rings. The van der Waals surface area contributed by atoms with Gasteiger partial charge >= 0.3 is 0 Å². The maximum Gasteiger partial charge on any atom is 0.233 e. The molecular weight excluding hydrogens is 188 g/mol. The summed E-state index contributed by atoms with van der Waals surface area (Å²) in [6, 6.07) is 6.12. The lowest BCUT2D eigenvalue weighted by Crippen LogP contribution is -2.20. The minimum Gasteiger partial charge on any atom is -0.329 e. The van der Waals surface area contributed by atoms with Crippen molar-refractivity contribution in [1.82, 2.24) is 0 Å². The van der Waals surface area contributed by atoms with Crippen LogP contribution < -0.4 is 11.1 Å². The van der Waals surface area contributed by atoms with Crippen LogP contribution in [0.1, 0.15) is 36.8 Å². The van der Waals surface area contributed by atoms with E-state index in [9.17, 15) is 4.79 Å². The lowest BCUT2D eigenvalue weighted by molar-refractivity contribution is -0.116. The van der Waals surface area contributed by atoms with Crippen LogP contribution in [-0.2, 0) is 4.79 Å². The summed E-state index contributed by atoms with van der Waals surface area (Å²) in [4.78, 5) is 11.6. The second-order valence-electron chi connectivity index (χ2n) is 4.28. The van der Waals surface area contributed by atoms with Crippen LogP contribution in [0.25, 0.3) is 0 Å². The lowest BCUT2D eigenvalue weighted by atomic mass is 9.95. The van der Waals surface area contributed by atoms with Crippen molar-refractivity contribution in [2.45, 2.75) is 25.7 Å². The molecule has 1 aliphatic heterocycles. The van der Waals surface area contributed by atoms with Crippen LogP contribution >= 0.6 is 0 Å². The van der Waals surface area contributed by atoms with E-state index in [4.69, 9.17) is 5.73 Å². The Balaban J connectivity index is 2.44. The molecule has 1 atom stereocenters. The minimum absolute atomic E-state index is 0.0217. The Morgan fingerprint density at radius 2 is 2.20 bits per heavy atom. The van der Waals surface area contributed by atoms with Crippen LogP contribution in [0, 0.1) is 0 Å². The fourth-order valence-corrected chi connectivity index (χ4v) is 1.94. The zero-order chi connectivity index (χ0) is 11.0. The Bertz CT molecular complexity index is 399. The van der Waals surface area contributed by atoms with Gasteiger partial charge in [-0.3, -0.25) is 4.79 Å². The molecule has 1 aliphatic rings. The predicted molar refractivity (Wildman–Crippen MR) is 61.0 cm³/mol. The molecule has 1 amide bonds. The van der Waals surface area contributed by atoms with Gasteiger partial charge in [0.05, 0.1) is 5.92 Å². The molecule has 3 N–H and O–H groups in total. The molecule has 1 unspecified atom stereocenters. The number of hydrogen-bond acceptors (Lipinski definition) is 2. The molecule has 15 heavy (non-hydrogen) atoms. The van der Waals surface area contributed by atoms with E-state index >= 15 is 0 Å². The van der Waals surface area contributed by atoms with Gasteiger partial charge in [0.1, 0.15) is 0 Å². The average molecular weight is 204 g/mol. The fraction of sp³-hybridized carbons (Fsp3) is 0.417. The first-order valence-corrected chi connectivity index (χ1v) is 5.28. The van der Waals surface area contributed by atoms with Gasteiger partial charge in [0, 0.05) is 12.2 Å². The van der Waals surface area contributed by atoms with Gasteiger partial charge in [-0.05, 0) is 23.1 Å². The number of fused-ring (bicyclic) bond motifs is 1. The zero-order valence-corrected chi connectivity index (χ0v) is 9.08. The van der Waals surface area contributed by atoms with Crippen molar-refractivity contribution in [2.75, 3.05) is 11.9 Å². The van der Waals surface area contributed by atoms with E-state index in [2.05, 4.69) is 31.3 Å². The standard InChI is InChI=1S/C12H16N2O/c1-7(2)8-3-4-11-9(5-8)10(6-13)12(15)14-11/h3-5,7,10H,6,13H2,1-2H3,(H,14,15). The number of rotatable bonds is 2. The molecule has 80 valence electrons. The largest absolute Gasteiger partial charge is 0.329 e. The third-order valence-electron chi connectivity index (χ3n) is 2.93.